The van der Waals surface area contributed by atoms with Crippen LogP contribution in [0.4, 0.5) is 0 Å². The number of carbonyl (C=O) groups is 2. The molecule has 0 spiro atoms. The molecule has 1 heterocycles. The van der Waals surface area contributed by atoms with Crippen LogP contribution < -0.4 is 0 Å². The second-order valence-corrected chi connectivity index (χ2v) is 7.02. The first-order chi connectivity index (χ1) is 13.4. The minimum absolute atomic E-state index is 0.117. The summed E-state index contributed by atoms with van der Waals surface area (Å²) in [5, 5.41) is 2.01. The molecule has 0 bridgehead atoms. The van der Waals surface area contributed by atoms with E-state index in [1.807, 2.05) is 57.2 Å². The largest absolute Gasteiger partial charge is 0.454 e. The molecule has 5 heteroatoms. The van der Waals surface area contributed by atoms with E-state index in [9.17, 15) is 9.59 Å². The molecule has 1 atom stereocenters. The highest BCUT2D eigenvalue weighted by Gasteiger charge is 2.20. The fraction of sp³-hybridized carbons (Fsp3) is 0.304. The number of methoxy groups -OCH3 is 1. The highest BCUT2D eigenvalue weighted by atomic mass is 16.5. The number of fused-ring (bicyclic) bond motifs is 1. The number of Topliss-reactive ketones (excluding diaryl/α,β-unsaturated/α-hetero) is 1. The lowest BCUT2D eigenvalue weighted by atomic mass is 10.1. The predicted octanol–water partition coefficient (Wildman–Crippen LogP) is 4.51. The molecule has 3 aromatic rings. The number of esters is 1. The van der Waals surface area contributed by atoms with Crippen molar-refractivity contribution < 1.29 is 19.1 Å². The fourth-order valence-corrected chi connectivity index (χ4v) is 3.66. The van der Waals surface area contributed by atoms with Crippen molar-refractivity contribution in [3.63, 3.8) is 0 Å². The first kappa shape index (κ1) is 19.8. The van der Waals surface area contributed by atoms with Gasteiger partial charge in [0.05, 0.1) is 18.2 Å². The number of aryl methyl sites for hydroxylation is 1. The van der Waals surface area contributed by atoms with Gasteiger partial charge in [0.1, 0.15) is 0 Å². The first-order valence-corrected chi connectivity index (χ1v) is 9.29. The monoisotopic (exact) mass is 379 g/mol. The number of nitrogens with zero attached hydrogens (tertiary/aromatic N) is 1. The summed E-state index contributed by atoms with van der Waals surface area (Å²) in [6.45, 7) is 6.17. The molecule has 2 aromatic carbocycles. The molecule has 0 saturated heterocycles. The van der Waals surface area contributed by atoms with Crippen molar-refractivity contribution in [1.82, 2.24) is 4.57 Å². The molecular weight excluding hydrogens is 354 g/mol. The molecule has 0 aliphatic carbocycles. The summed E-state index contributed by atoms with van der Waals surface area (Å²) in [5.74, 6) is -0.709. The van der Waals surface area contributed by atoms with Gasteiger partial charge in [-0.15, -0.1) is 0 Å². The molecular formula is C23H25NO4. The maximum absolute atomic E-state index is 12.6. The van der Waals surface area contributed by atoms with Crippen LogP contribution in [0.15, 0.2) is 48.5 Å². The van der Waals surface area contributed by atoms with Gasteiger partial charge >= 0.3 is 5.97 Å². The van der Waals surface area contributed by atoms with Crippen LogP contribution >= 0.6 is 0 Å². The van der Waals surface area contributed by atoms with Crippen molar-refractivity contribution >= 4 is 22.5 Å². The number of aromatic nitrogens is 1. The molecule has 146 valence electrons. The van der Waals surface area contributed by atoms with Gasteiger partial charge < -0.3 is 14.0 Å². The number of hydrogen-bond acceptors (Lipinski definition) is 4. The predicted molar refractivity (Wildman–Crippen MR) is 109 cm³/mol. The number of benzene rings is 2. The van der Waals surface area contributed by atoms with Crippen LogP contribution in [0, 0.1) is 13.8 Å². The normalized spacial score (nSPS) is 12.1. The van der Waals surface area contributed by atoms with Crippen LogP contribution in [0.25, 0.3) is 10.8 Å². The van der Waals surface area contributed by atoms with Gasteiger partial charge in [-0.1, -0.05) is 30.3 Å². The number of carbonyl (C=O) groups excluding carboxylic acids is 2. The Bertz CT molecular complexity index is 1020. The van der Waals surface area contributed by atoms with Crippen LogP contribution in [0.2, 0.25) is 0 Å². The Labute approximate surface area is 164 Å². The summed E-state index contributed by atoms with van der Waals surface area (Å²) in [5.41, 5.74) is 2.84. The van der Waals surface area contributed by atoms with Crippen molar-refractivity contribution in [1.29, 1.82) is 0 Å². The van der Waals surface area contributed by atoms with E-state index in [0.717, 1.165) is 22.2 Å². The zero-order valence-corrected chi connectivity index (χ0v) is 16.7. The van der Waals surface area contributed by atoms with Gasteiger partial charge in [-0.05, 0) is 49.7 Å². The Hall–Kier alpha value is -2.92. The SMILES string of the molecule is COCC(C)n1c(C)cc(C(=O)COC(=O)c2ccc3ccccc3c2)c1C. The average molecular weight is 379 g/mol. The van der Waals surface area contributed by atoms with E-state index >= 15 is 0 Å². The van der Waals surface area contributed by atoms with Gasteiger partial charge in [0, 0.05) is 24.1 Å². The Morgan fingerprint density at radius 3 is 2.46 bits per heavy atom. The summed E-state index contributed by atoms with van der Waals surface area (Å²) >= 11 is 0. The molecule has 0 N–H and O–H groups in total. The summed E-state index contributed by atoms with van der Waals surface area (Å²) in [7, 11) is 1.66. The molecule has 1 unspecified atom stereocenters. The lowest BCUT2D eigenvalue weighted by molar-refractivity contribution is 0.0474. The summed E-state index contributed by atoms with van der Waals surface area (Å²) < 4.78 is 12.6. The van der Waals surface area contributed by atoms with Crippen molar-refractivity contribution in [2.45, 2.75) is 26.8 Å². The standard InChI is InChI=1S/C23H25NO4/c1-15-11-21(17(3)24(15)16(2)13-27-4)22(25)14-28-23(26)20-10-9-18-7-5-6-8-19(18)12-20/h5-12,16H,13-14H2,1-4H3. The number of ketones is 1. The third kappa shape index (κ3) is 3.99. The van der Waals surface area contributed by atoms with E-state index in [1.54, 1.807) is 19.2 Å². The number of hydrogen-bond donors (Lipinski definition) is 0. The molecule has 1 aromatic heterocycles. The minimum atomic E-state index is -0.499. The van der Waals surface area contributed by atoms with Gasteiger partial charge in [0.25, 0.3) is 0 Å². The third-order valence-electron chi connectivity index (χ3n) is 4.95. The summed E-state index contributed by atoms with van der Waals surface area (Å²) in [6.07, 6.45) is 0. The quantitative estimate of drug-likeness (QED) is 0.448. The summed E-state index contributed by atoms with van der Waals surface area (Å²) in [6, 6.07) is 15.1. The zero-order chi connectivity index (χ0) is 20.3. The van der Waals surface area contributed by atoms with Crippen LogP contribution in [-0.2, 0) is 9.47 Å². The van der Waals surface area contributed by atoms with E-state index in [2.05, 4.69) is 4.57 Å². The Morgan fingerprint density at radius 2 is 1.75 bits per heavy atom. The van der Waals surface area contributed by atoms with Gasteiger partial charge in [-0.25, -0.2) is 4.79 Å². The maximum atomic E-state index is 12.6. The second-order valence-electron chi connectivity index (χ2n) is 7.02. The lowest BCUT2D eigenvalue weighted by Gasteiger charge is -2.17. The maximum Gasteiger partial charge on any atom is 0.338 e. The van der Waals surface area contributed by atoms with Crippen LogP contribution in [0.1, 0.15) is 45.1 Å². The first-order valence-electron chi connectivity index (χ1n) is 9.29. The molecule has 0 radical (unpaired) electrons. The molecule has 0 aliphatic rings. The topological polar surface area (TPSA) is 57.5 Å². The second kappa shape index (κ2) is 8.40. The molecule has 0 saturated carbocycles. The zero-order valence-electron chi connectivity index (χ0n) is 16.7. The van der Waals surface area contributed by atoms with Crippen LogP contribution in [0.5, 0.6) is 0 Å². The molecule has 0 amide bonds. The highest BCUT2D eigenvalue weighted by Crippen LogP contribution is 2.22. The van der Waals surface area contributed by atoms with Crippen molar-refractivity contribution in [2.24, 2.45) is 0 Å². The molecule has 5 nitrogen and oxygen atoms in total. The third-order valence-corrected chi connectivity index (χ3v) is 4.95. The number of ether oxygens (including phenoxy) is 2. The van der Waals surface area contributed by atoms with Crippen LogP contribution in [0.3, 0.4) is 0 Å². The van der Waals surface area contributed by atoms with E-state index < -0.39 is 5.97 Å². The van der Waals surface area contributed by atoms with E-state index in [1.165, 1.54) is 0 Å². The average Bonchev–Trinajstić information content (AvgIpc) is 2.99. The van der Waals surface area contributed by atoms with E-state index in [4.69, 9.17) is 9.47 Å². The molecule has 0 aliphatic heterocycles. The van der Waals surface area contributed by atoms with Gasteiger partial charge in [0.2, 0.25) is 5.78 Å². The van der Waals surface area contributed by atoms with Crippen molar-refractivity contribution in [2.75, 3.05) is 20.3 Å². The molecule has 0 fully saturated rings. The minimum Gasteiger partial charge on any atom is -0.454 e. The van der Waals surface area contributed by atoms with Crippen molar-refractivity contribution in [3.05, 3.63) is 71.0 Å². The van der Waals surface area contributed by atoms with Crippen molar-refractivity contribution in [3.8, 4) is 0 Å². The smallest absolute Gasteiger partial charge is 0.338 e. The highest BCUT2D eigenvalue weighted by molar-refractivity contribution is 6.01. The van der Waals surface area contributed by atoms with Gasteiger partial charge in [-0.3, -0.25) is 4.79 Å². The van der Waals surface area contributed by atoms with Crippen LogP contribution in [-0.4, -0.2) is 36.6 Å². The van der Waals surface area contributed by atoms with Gasteiger partial charge in [0.15, 0.2) is 6.61 Å². The lowest BCUT2D eigenvalue weighted by Crippen LogP contribution is -2.17. The molecule has 3 rings (SSSR count). The molecule has 28 heavy (non-hydrogen) atoms. The van der Waals surface area contributed by atoms with E-state index in [-0.39, 0.29) is 18.4 Å². The Balaban J connectivity index is 1.71. The number of rotatable bonds is 7. The van der Waals surface area contributed by atoms with Gasteiger partial charge in [-0.2, -0.15) is 0 Å². The fourth-order valence-electron chi connectivity index (χ4n) is 3.66. The summed E-state index contributed by atoms with van der Waals surface area (Å²) in [4.78, 5) is 25.0. The van der Waals surface area contributed by atoms with E-state index in [0.29, 0.717) is 17.7 Å². The Kier molecular flexibility index (Phi) is 5.95. The Morgan fingerprint density at radius 1 is 1.04 bits per heavy atom.